The van der Waals surface area contributed by atoms with E-state index in [0.29, 0.717) is 18.0 Å². The van der Waals surface area contributed by atoms with Crippen LogP contribution >= 0.6 is 11.8 Å². The summed E-state index contributed by atoms with van der Waals surface area (Å²) in [5.74, 6) is 1.79. The fourth-order valence-electron chi connectivity index (χ4n) is 2.83. The molecule has 0 spiro atoms. The Morgan fingerprint density at radius 3 is 2.56 bits per heavy atom. The van der Waals surface area contributed by atoms with Crippen molar-refractivity contribution >= 4 is 21.8 Å². The number of methoxy groups -OCH3 is 1. The Labute approximate surface area is 154 Å². The summed E-state index contributed by atoms with van der Waals surface area (Å²) >= 11 is 1.77. The molecular formula is C19H23NO3S2. The number of rotatable bonds is 3. The number of hydrogen-bond acceptors (Lipinski definition) is 4. The van der Waals surface area contributed by atoms with Crippen molar-refractivity contribution < 1.29 is 13.2 Å². The first-order valence-electron chi connectivity index (χ1n) is 8.37. The van der Waals surface area contributed by atoms with E-state index in [4.69, 9.17) is 4.74 Å². The summed E-state index contributed by atoms with van der Waals surface area (Å²) in [5, 5.41) is 0. The third-order valence-electron chi connectivity index (χ3n) is 4.34. The van der Waals surface area contributed by atoms with Gasteiger partial charge in [-0.3, -0.25) is 0 Å². The number of ether oxygens (including phenoxy) is 1. The molecule has 0 fully saturated rings. The molecule has 0 atom stereocenters. The van der Waals surface area contributed by atoms with Gasteiger partial charge in [0, 0.05) is 18.0 Å². The van der Waals surface area contributed by atoms with Gasteiger partial charge in [0.15, 0.2) is 0 Å². The molecule has 4 nitrogen and oxygen atoms in total. The molecule has 25 heavy (non-hydrogen) atoms. The Morgan fingerprint density at radius 2 is 1.84 bits per heavy atom. The summed E-state index contributed by atoms with van der Waals surface area (Å²) in [7, 11) is -1.85. The molecule has 0 radical (unpaired) electrons. The molecule has 0 saturated carbocycles. The van der Waals surface area contributed by atoms with Crippen molar-refractivity contribution in [1.82, 2.24) is 4.31 Å². The first-order chi connectivity index (χ1) is 12.0. The van der Waals surface area contributed by atoms with E-state index in [2.05, 4.69) is 0 Å². The van der Waals surface area contributed by atoms with Crippen molar-refractivity contribution in [2.75, 3.05) is 19.4 Å². The molecule has 6 heteroatoms. The molecule has 1 aliphatic rings. The van der Waals surface area contributed by atoms with E-state index in [-0.39, 0.29) is 0 Å². The molecule has 0 N–H and O–H groups in total. The van der Waals surface area contributed by atoms with E-state index in [1.807, 2.05) is 37.3 Å². The average molecular weight is 378 g/mol. The van der Waals surface area contributed by atoms with Gasteiger partial charge in [-0.1, -0.05) is 23.8 Å². The molecule has 0 unspecified atom stereocenters. The minimum atomic E-state index is -3.50. The maximum atomic E-state index is 13.1. The van der Waals surface area contributed by atoms with E-state index in [0.717, 1.165) is 40.4 Å². The summed E-state index contributed by atoms with van der Waals surface area (Å²) in [6.07, 6.45) is 1.85. The summed E-state index contributed by atoms with van der Waals surface area (Å²) in [5.41, 5.74) is 2.08. The zero-order valence-corrected chi connectivity index (χ0v) is 16.2. The van der Waals surface area contributed by atoms with Crippen molar-refractivity contribution in [2.24, 2.45) is 0 Å². The van der Waals surface area contributed by atoms with Gasteiger partial charge < -0.3 is 4.74 Å². The maximum Gasteiger partial charge on any atom is 0.243 e. The Bertz CT molecular complexity index is 832. The third-order valence-corrected chi connectivity index (χ3v) is 7.38. The standard InChI is InChI=1S/C19H23NO3S2/c1-15-5-9-18(10-6-15)25(21,22)20-11-3-4-12-24-19-13-17(23-2)8-7-16(19)14-20/h5-10,13H,3-4,11-12,14H2,1-2H3. The highest BCUT2D eigenvalue weighted by Gasteiger charge is 2.26. The van der Waals surface area contributed by atoms with Crippen LogP contribution in [-0.4, -0.2) is 32.1 Å². The van der Waals surface area contributed by atoms with Crippen molar-refractivity contribution in [1.29, 1.82) is 0 Å². The van der Waals surface area contributed by atoms with Crippen LogP contribution in [0, 0.1) is 6.92 Å². The van der Waals surface area contributed by atoms with Crippen LogP contribution in [-0.2, 0) is 16.6 Å². The van der Waals surface area contributed by atoms with Crippen molar-refractivity contribution in [3.05, 3.63) is 53.6 Å². The van der Waals surface area contributed by atoms with Crippen LogP contribution in [0.15, 0.2) is 52.3 Å². The van der Waals surface area contributed by atoms with Gasteiger partial charge in [0.1, 0.15) is 5.75 Å². The second-order valence-corrected chi connectivity index (χ2v) is 9.26. The van der Waals surface area contributed by atoms with Crippen LogP contribution in [0.5, 0.6) is 5.75 Å². The van der Waals surface area contributed by atoms with Crippen LogP contribution in [0.2, 0.25) is 0 Å². The number of fused-ring (bicyclic) bond motifs is 1. The smallest absolute Gasteiger partial charge is 0.243 e. The lowest BCUT2D eigenvalue weighted by Crippen LogP contribution is -2.31. The zero-order chi connectivity index (χ0) is 17.9. The molecule has 2 aromatic carbocycles. The van der Waals surface area contributed by atoms with Gasteiger partial charge in [-0.25, -0.2) is 8.42 Å². The molecule has 0 amide bonds. The first-order valence-corrected chi connectivity index (χ1v) is 10.8. The second-order valence-electron chi connectivity index (χ2n) is 6.18. The maximum absolute atomic E-state index is 13.1. The Kier molecular flexibility index (Phi) is 5.71. The summed E-state index contributed by atoms with van der Waals surface area (Å²) < 4.78 is 33.1. The van der Waals surface area contributed by atoms with Gasteiger partial charge in [0.05, 0.1) is 12.0 Å². The lowest BCUT2D eigenvalue weighted by atomic mass is 10.2. The van der Waals surface area contributed by atoms with Gasteiger partial charge in [-0.2, -0.15) is 4.31 Å². The Morgan fingerprint density at radius 1 is 1.08 bits per heavy atom. The molecule has 1 heterocycles. The molecule has 0 saturated heterocycles. The predicted octanol–water partition coefficient (Wildman–Crippen LogP) is 4.08. The largest absolute Gasteiger partial charge is 0.497 e. The number of sulfonamides is 1. The van der Waals surface area contributed by atoms with E-state index < -0.39 is 10.0 Å². The van der Waals surface area contributed by atoms with E-state index >= 15 is 0 Å². The van der Waals surface area contributed by atoms with Crippen LogP contribution in [0.25, 0.3) is 0 Å². The number of thioether (sulfide) groups is 1. The molecular weight excluding hydrogens is 354 g/mol. The lowest BCUT2D eigenvalue weighted by molar-refractivity contribution is 0.395. The van der Waals surface area contributed by atoms with E-state index in [1.54, 1.807) is 35.3 Å². The Hall–Kier alpha value is -1.50. The van der Waals surface area contributed by atoms with Gasteiger partial charge >= 0.3 is 0 Å². The molecule has 3 rings (SSSR count). The number of nitrogens with zero attached hydrogens (tertiary/aromatic N) is 1. The zero-order valence-electron chi connectivity index (χ0n) is 14.6. The molecule has 0 bridgehead atoms. The first kappa shape index (κ1) is 18.3. The van der Waals surface area contributed by atoms with Crippen molar-refractivity contribution in [2.45, 2.75) is 36.1 Å². The topological polar surface area (TPSA) is 46.6 Å². The lowest BCUT2D eigenvalue weighted by Gasteiger charge is -2.22. The summed E-state index contributed by atoms with van der Waals surface area (Å²) in [6.45, 7) is 2.89. The monoisotopic (exact) mass is 377 g/mol. The second kappa shape index (κ2) is 7.81. The minimum Gasteiger partial charge on any atom is -0.497 e. The third kappa shape index (κ3) is 4.19. The fraction of sp³-hybridized carbons (Fsp3) is 0.368. The highest BCUT2D eigenvalue weighted by Crippen LogP contribution is 2.32. The minimum absolute atomic E-state index is 0.361. The Balaban J connectivity index is 1.95. The van der Waals surface area contributed by atoms with Gasteiger partial charge in [0.25, 0.3) is 0 Å². The van der Waals surface area contributed by atoms with Crippen LogP contribution in [0.1, 0.15) is 24.0 Å². The molecule has 0 aliphatic carbocycles. The quantitative estimate of drug-likeness (QED) is 0.809. The van der Waals surface area contributed by atoms with Crippen molar-refractivity contribution in [3.63, 3.8) is 0 Å². The van der Waals surface area contributed by atoms with E-state index in [1.165, 1.54) is 0 Å². The number of benzene rings is 2. The molecule has 134 valence electrons. The molecule has 1 aliphatic heterocycles. The molecule has 0 aromatic heterocycles. The normalized spacial score (nSPS) is 16.4. The van der Waals surface area contributed by atoms with Gasteiger partial charge in [-0.15, -0.1) is 11.8 Å². The van der Waals surface area contributed by atoms with E-state index in [9.17, 15) is 8.42 Å². The highest BCUT2D eigenvalue weighted by molar-refractivity contribution is 7.99. The van der Waals surface area contributed by atoms with Crippen LogP contribution < -0.4 is 4.74 Å². The van der Waals surface area contributed by atoms with Crippen LogP contribution in [0.3, 0.4) is 0 Å². The van der Waals surface area contributed by atoms with Gasteiger partial charge in [-0.05, 0) is 55.3 Å². The van der Waals surface area contributed by atoms with Gasteiger partial charge in [0.2, 0.25) is 10.0 Å². The van der Waals surface area contributed by atoms with Crippen molar-refractivity contribution in [3.8, 4) is 5.75 Å². The van der Waals surface area contributed by atoms with Crippen LogP contribution in [0.4, 0.5) is 0 Å². The highest BCUT2D eigenvalue weighted by atomic mass is 32.2. The SMILES string of the molecule is COc1ccc2c(c1)SCCCCN(S(=O)(=O)c1ccc(C)cc1)C2. The number of aryl methyl sites for hydroxylation is 1. The molecule has 2 aromatic rings. The summed E-state index contributed by atoms with van der Waals surface area (Å²) in [4.78, 5) is 1.46. The summed E-state index contributed by atoms with van der Waals surface area (Å²) in [6, 6.07) is 13.0. The predicted molar refractivity (Wildman–Crippen MR) is 102 cm³/mol. The average Bonchev–Trinajstić information content (AvgIpc) is 2.71. The fourth-order valence-corrected chi connectivity index (χ4v) is 5.38. The number of hydrogen-bond donors (Lipinski definition) is 0.